The fraction of sp³-hybridized carbons (Fsp3) is 0.500. The number of thiocarbonyl (C=S) groups is 2. The molecule has 0 atom stereocenters. The van der Waals surface area contributed by atoms with E-state index in [1.54, 1.807) is 0 Å². The van der Waals surface area contributed by atoms with E-state index in [4.69, 9.17) is 0 Å². The molecule has 0 aliphatic heterocycles. The minimum atomic E-state index is 0.563. The van der Waals surface area contributed by atoms with Gasteiger partial charge in [-0.15, -0.1) is 0 Å². The Kier molecular flexibility index (Phi) is 6.27. The lowest BCUT2D eigenvalue weighted by atomic mass is 10.7. The zero-order chi connectivity index (χ0) is 6.24. The minimum Gasteiger partial charge on any atom is -0.231 e. The van der Waals surface area contributed by atoms with Gasteiger partial charge in [-0.1, -0.05) is 0 Å². The number of hydrogen-bond donors (Lipinski definition) is 0. The van der Waals surface area contributed by atoms with E-state index < -0.39 is 0 Å². The van der Waals surface area contributed by atoms with Gasteiger partial charge in [-0.3, -0.25) is 0 Å². The molecule has 0 unspecified atom stereocenters. The molecule has 4 heteroatoms. The molecule has 0 aromatic rings. The second-order valence-electron chi connectivity index (χ2n) is 0.946. The van der Waals surface area contributed by atoms with Crippen molar-refractivity contribution in [3.63, 3.8) is 0 Å². The van der Waals surface area contributed by atoms with E-state index in [0.29, 0.717) is 13.1 Å². The third-order valence-corrected chi connectivity index (χ3v) is 0.711. The largest absolute Gasteiger partial charge is 0.231 e. The average Bonchev–Trinajstić information content (AvgIpc) is 1.81. The third kappa shape index (κ3) is 5.60. The smallest absolute Gasteiger partial charge is 0.0696 e. The summed E-state index contributed by atoms with van der Waals surface area (Å²) < 4.78 is 0. The van der Waals surface area contributed by atoms with Gasteiger partial charge in [-0.25, -0.2) is 9.98 Å². The first-order valence-electron chi connectivity index (χ1n) is 1.99. The van der Waals surface area contributed by atoms with Gasteiger partial charge in [0.05, 0.1) is 23.4 Å². The van der Waals surface area contributed by atoms with Crippen LogP contribution in [-0.4, -0.2) is 23.4 Å². The lowest BCUT2D eigenvalue weighted by Crippen LogP contribution is -1.82. The Morgan fingerprint density at radius 1 is 1.00 bits per heavy atom. The van der Waals surface area contributed by atoms with Gasteiger partial charge >= 0.3 is 0 Å². The Balaban J connectivity index is 3.18. The first kappa shape index (κ1) is 7.60. The number of nitrogens with zero attached hydrogens (tertiary/aromatic N) is 2. The van der Waals surface area contributed by atoms with E-state index in [1.165, 1.54) is 0 Å². The molecule has 0 heterocycles. The van der Waals surface area contributed by atoms with Crippen molar-refractivity contribution >= 4 is 34.8 Å². The van der Waals surface area contributed by atoms with Crippen molar-refractivity contribution in [2.75, 3.05) is 13.1 Å². The highest BCUT2D eigenvalue weighted by molar-refractivity contribution is 7.78. The molecule has 0 aliphatic carbocycles. The highest BCUT2D eigenvalue weighted by atomic mass is 32.1. The van der Waals surface area contributed by atoms with Gasteiger partial charge in [0.1, 0.15) is 0 Å². The topological polar surface area (TPSA) is 24.7 Å². The molecule has 42 valence electrons. The van der Waals surface area contributed by atoms with Crippen LogP contribution in [0.15, 0.2) is 9.98 Å². The molecule has 0 aliphatic rings. The van der Waals surface area contributed by atoms with Crippen LogP contribution in [0.5, 0.6) is 0 Å². The summed E-state index contributed by atoms with van der Waals surface area (Å²) in [6.45, 7) is 1.13. The SMILES string of the molecule is S=C=NCCN=C=S. The zero-order valence-corrected chi connectivity index (χ0v) is 5.76. The lowest BCUT2D eigenvalue weighted by Gasteiger charge is -1.76. The summed E-state index contributed by atoms with van der Waals surface area (Å²) in [6.07, 6.45) is 0. The summed E-state index contributed by atoms with van der Waals surface area (Å²) in [7, 11) is 0. The third-order valence-electron chi connectivity index (χ3n) is 0.453. The molecule has 0 amide bonds. The second kappa shape index (κ2) is 6.60. The molecule has 0 radical (unpaired) electrons. The fourth-order valence-electron chi connectivity index (χ4n) is 0.191. The molecule has 0 rings (SSSR count). The molecule has 0 bridgehead atoms. The molecule has 0 saturated carbocycles. The number of rotatable bonds is 3. The molecular weight excluding hydrogens is 140 g/mol. The summed E-state index contributed by atoms with van der Waals surface area (Å²) in [5.74, 6) is 0. The number of isothiocyanates is 2. The van der Waals surface area contributed by atoms with Crippen molar-refractivity contribution < 1.29 is 0 Å². The van der Waals surface area contributed by atoms with Crippen LogP contribution in [0.4, 0.5) is 0 Å². The van der Waals surface area contributed by atoms with Crippen molar-refractivity contribution in [3.8, 4) is 0 Å². The van der Waals surface area contributed by atoms with Crippen LogP contribution in [0.3, 0.4) is 0 Å². The first-order chi connectivity index (χ1) is 3.91. The van der Waals surface area contributed by atoms with Crippen LogP contribution in [0.2, 0.25) is 0 Å². The van der Waals surface area contributed by atoms with Crippen LogP contribution in [0.1, 0.15) is 0 Å². The average molecular weight is 144 g/mol. The van der Waals surface area contributed by atoms with Crippen LogP contribution in [-0.2, 0) is 0 Å². The Bertz CT molecular complexity index is 124. The predicted octanol–water partition coefficient (Wildman–Crippen LogP) is 1.19. The van der Waals surface area contributed by atoms with E-state index >= 15 is 0 Å². The summed E-state index contributed by atoms with van der Waals surface area (Å²) in [5, 5.41) is 4.43. The van der Waals surface area contributed by atoms with Gasteiger partial charge in [0.2, 0.25) is 0 Å². The number of hydrogen-bond acceptors (Lipinski definition) is 4. The Hall–Kier alpha value is -0.400. The van der Waals surface area contributed by atoms with Crippen LogP contribution < -0.4 is 0 Å². The predicted molar refractivity (Wildman–Crippen MR) is 39.8 cm³/mol. The van der Waals surface area contributed by atoms with E-state index in [-0.39, 0.29) is 0 Å². The van der Waals surface area contributed by atoms with Crippen molar-refractivity contribution in [2.45, 2.75) is 0 Å². The van der Waals surface area contributed by atoms with E-state index in [1.807, 2.05) is 0 Å². The van der Waals surface area contributed by atoms with Crippen molar-refractivity contribution in [1.29, 1.82) is 0 Å². The van der Waals surface area contributed by atoms with Crippen molar-refractivity contribution in [1.82, 2.24) is 0 Å². The minimum absolute atomic E-state index is 0.563. The van der Waals surface area contributed by atoms with E-state index in [2.05, 4.69) is 44.7 Å². The highest BCUT2D eigenvalue weighted by Crippen LogP contribution is 1.67. The molecule has 2 nitrogen and oxygen atoms in total. The summed E-state index contributed by atoms with van der Waals surface area (Å²) >= 11 is 8.59. The maximum Gasteiger partial charge on any atom is 0.0696 e. The Morgan fingerprint density at radius 2 is 1.38 bits per heavy atom. The van der Waals surface area contributed by atoms with Crippen molar-refractivity contribution in [2.24, 2.45) is 9.98 Å². The summed E-state index contributed by atoms with van der Waals surface area (Å²) in [4.78, 5) is 7.19. The molecule has 8 heavy (non-hydrogen) atoms. The standard InChI is InChI=1S/C4H4N2S2/c7-3-5-1-2-6-4-8/h1-2H2. The molecular formula is C4H4N2S2. The molecule has 0 aromatic heterocycles. The van der Waals surface area contributed by atoms with Gasteiger partial charge in [0.25, 0.3) is 0 Å². The normalized spacial score (nSPS) is 6.50. The molecule has 0 saturated heterocycles. The second-order valence-corrected chi connectivity index (χ2v) is 1.31. The van der Waals surface area contributed by atoms with Gasteiger partial charge in [0.15, 0.2) is 0 Å². The van der Waals surface area contributed by atoms with Crippen LogP contribution in [0.25, 0.3) is 0 Å². The van der Waals surface area contributed by atoms with E-state index in [9.17, 15) is 0 Å². The quantitative estimate of drug-likeness (QED) is 0.337. The van der Waals surface area contributed by atoms with Gasteiger partial charge < -0.3 is 0 Å². The van der Waals surface area contributed by atoms with E-state index in [0.717, 1.165) is 0 Å². The van der Waals surface area contributed by atoms with Gasteiger partial charge in [-0.05, 0) is 24.4 Å². The highest BCUT2D eigenvalue weighted by Gasteiger charge is 1.71. The molecule has 0 fully saturated rings. The monoisotopic (exact) mass is 144 g/mol. The fourth-order valence-corrected chi connectivity index (χ4v) is 0.374. The molecule has 0 spiro atoms. The molecule has 0 N–H and O–H groups in total. The zero-order valence-electron chi connectivity index (χ0n) is 4.13. The van der Waals surface area contributed by atoms with Crippen LogP contribution >= 0.6 is 24.4 Å². The summed E-state index contributed by atoms with van der Waals surface area (Å²) in [5.41, 5.74) is 0. The maximum atomic E-state index is 4.30. The first-order valence-corrected chi connectivity index (χ1v) is 2.80. The summed E-state index contributed by atoms with van der Waals surface area (Å²) in [6, 6.07) is 0. The Labute approximate surface area is 58.3 Å². The Morgan fingerprint density at radius 3 is 1.62 bits per heavy atom. The molecule has 0 aromatic carbocycles. The van der Waals surface area contributed by atoms with Gasteiger partial charge in [-0.2, -0.15) is 0 Å². The number of aliphatic imine (C=N–C) groups is 2. The lowest BCUT2D eigenvalue weighted by molar-refractivity contribution is 0.991. The maximum absolute atomic E-state index is 4.30. The van der Waals surface area contributed by atoms with Crippen molar-refractivity contribution in [3.05, 3.63) is 0 Å². The van der Waals surface area contributed by atoms with Gasteiger partial charge in [0, 0.05) is 0 Å². The van der Waals surface area contributed by atoms with Crippen LogP contribution in [0, 0.1) is 0 Å².